The number of amides is 2. The van der Waals surface area contributed by atoms with E-state index < -0.39 is 5.91 Å². The van der Waals surface area contributed by atoms with Crippen molar-refractivity contribution in [2.24, 2.45) is 0 Å². The molecule has 0 atom stereocenters. The smallest absolute Gasteiger partial charge is 0.260 e. The first-order valence-electron chi connectivity index (χ1n) is 10.5. The predicted molar refractivity (Wildman–Crippen MR) is 120 cm³/mol. The maximum atomic E-state index is 13.5. The summed E-state index contributed by atoms with van der Waals surface area (Å²) in [5.74, 6) is 0.636. The number of para-hydroxylation sites is 1. The molecule has 0 aliphatic carbocycles. The first-order chi connectivity index (χ1) is 16.0. The first-order valence-corrected chi connectivity index (χ1v) is 10.9. The van der Waals surface area contributed by atoms with E-state index in [1.165, 1.54) is 11.0 Å². The molecule has 2 amide bonds. The number of aliphatic hydroxyl groups excluding tert-OH is 1. The molecule has 0 unspecified atom stereocenters. The molecular formula is C23H23ClN4O5. The van der Waals surface area contributed by atoms with Gasteiger partial charge in [0.1, 0.15) is 18.9 Å². The number of aromatic nitrogens is 2. The number of hydrogen-bond acceptors (Lipinski definition) is 7. The Bertz CT molecular complexity index is 1170. The minimum atomic E-state index is -0.401. The summed E-state index contributed by atoms with van der Waals surface area (Å²) in [5.41, 5.74) is 1.69. The van der Waals surface area contributed by atoms with Crippen LogP contribution in [0.5, 0.6) is 5.75 Å². The van der Waals surface area contributed by atoms with E-state index in [0.717, 1.165) is 5.56 Å². The highest BCUT2D eigenvalue weighted by molar-refractivity contribution is 6.34. The molecule has 10 heteroatoms. The van der Waals surface area contributed by atoms with Crippen molar-refractivity contribution in [2.45, 2.75) is 26.4 Å². The summed E-state index contributed by atoms with van der Waals surface area (Å²) in [7, 11) is 0. The number of halogens is 1. The third kappa shape index (κ3) is 4.99. The lowest BCUT2D eigenvalue weighted by Crippen LogP contribution is -2.40. The van der Waals surface area contributed by atoms with E-state index in [0.29, 0.717) is 36.2 Å². The molecule has 2 aromatic carbocycles. The zero-order valence-electron chi connectivity index (χ0n) is 18.0. The van der Waals surface area contributed by atoms with Crippen LogP contribution in [0.25, 0.3) is 0 Å². The summed E-state index contributed by atoms with van der Waals surface area (Å²) in [6, 6.07) is 12.0. The quantitative estimate of drug-likeness (QED) is 0.565. The van der Waals surface area contributed by atoms with Crippen molar-refractivity contribution >= 4 is 29.1 Å². The van der Waals surface area contributed by atoms with Crippen molar-refractivity contribution in [3.05, 3.63) is 70.4 Å². The molecule has 1 aromatic heterocycles. The van der Waals surface area contributed by atoms with E-state index in [-0.39, 0.29) is 42.8 Å². The van der Waals surface area contributed by atoms with Crippen molar-refractivity contribution < 1.29 is 23.8 Å². The number of fused-ring (bicyclic) bond motifs is 1. The van der Waals surface area contributed by atoms with Gasteiger partial charge in [0, 0.05) is 18.7 Å². The normalized spacial score (nSPS) is 13.6. The molecule has 0 spiro atoms. The number of hydrogen-bond donors (Lipinski definition) is 1. The summed E-state index contributed by atoms with van der Waals surface area (Å²) in [4.78, 5) is 29.6. The Morgan fingerprint density at radius 1 is 1.18 bits per heavy atom. The topological polar surface area (TPSA) is 109 Å². The van der Waals surface area contributed by atoms with Gasteiger partial charge in [0.25, 0.3) is 5.91 Å². The number of carbonyl (C=O) groups excluding carboxylic acids is 2. The number of rotatable bonds is 7. The number of aryl methyl sites for hydroxylation is 1. The lowest BCUT2D eigenvalue weighted by atomic mass is 10.1. The third-order valence-corrected chi connectivity index (χ3v) is 5.52. The monoisotopic (exact) mass is 470 g/mol. The van der Waals surface area contributed by atoms with Gasteiger partial charge in [0.05, 0.1) is 23.7 Å². The van der Waals surface area contributed by atoms with Crippen molar-refractivity contribution in [1.82, 2.24) is 15.1 Å². The SMILES string of the molecule is CCc1nnc(CN2Cc3ccccc3N(C(=O)c3ccc(OCCO)cc3Cl)CC2=O)o1. The van der Waals surface area contributed by atoms with Crippen molar-refractivity contribution in [1.29, 1.82) is 0 Å². The van der Waals surface area contributed by atoms with Gasteiger partial charge >= 0.3 is 0 Å². The second-order valence-corrected chi connectivity index (χ2v) is 7.83. The standard InChI is InChI=1S/C23H23ClN4O5/c1-2-20-25-26-21(33-20)13-27-12-15-5-3-4-6-19(15)28(14-22(27)30)23(31)17-8-7-16(11-18(17)24)32-10-9-29/h3-8,11,29H,2,9-10,12-14H2,1H3. The highest BCUT2D eigenvalue weighted by Gasteiger charge is 2.31. The van der Waals surface area contributed by atoms with Crippen molar-refractivity contribution in [3.63, 3.8) is 0 Å². The van der Waals surface area contributed by atoms with Gasteiger partial charge in [0.2, 0.25) is 17.7 Å². The fourth-order valence-corrected chi connectivity index (χ4v) is 3.83. The summed E-state index contributed by atoms with van der Waals surface area (Å²) in [6.45, 7) is 2.18. The molecule has 33 heavy (non-hydrogen) atoms. The van der Waals surface area contributed by atoms with Crippen molar-refractivity contribution in [2.75, 3.05) is 24.7 Å². The van der Waals surface area contributed by atoms with E-state index in [1.807, 2.05) is 25.1 Å². The second kappa shape index (κ2) is 10.0. The second-order valence-electron chi connectivity index (χ2n) is 7.43. The van der Waals surface area contributed by atoms with E-state index in [1.54, 1.807) is 23.1 Å². The maximum Gasteiger partial charge on any atom is 0.260 e. The van der Waals surface area contributed by atoms with Gasteiger partial charge in [-0.3, -0.25) is 14.5 Å². The van der Waals surface area contributed by atoms with Gasteiger partial charge in [-0.25, -0.2) is 0 Å². The Labute approximate surface area is 195 Å². The van der Waals surface area contributed by atoms with Gasteiger partial charge in [-0.15, -0.1) is 10.2 Å². The van der Waals surface area contributed by atoms with Crippen LogP contribution in [0.4, 0.5) is 5.69 Å². The number of carbonyl (C=O) groups is 2. The maximum absolute atomic E-state index is 13.5. The summed E-state index contributed by atoms with van der Waals surface area (Å²) >= 11 is 6.37. The lowest BCUT2D eigenvalue weighted by Gasteiger charge is -2.23. The molecule has 2 heterocycles. The summed E-state index contributed by atoms with van der Waals surface area (Å²) in [5, 5.41) is 17.1. The molecule has 172 valence electrons. The van der Waals surface area contributed by atoms with Gasteiger partial charge in [-0.1, -0.05) is 36.7 Å². The summed E-state index contributed by atoms with van der Waals surface area (Å²) in [6.07, 6.45) is 0.608. The van der Waals surface area contributed by atoms with E-state index in [2.05, 4.69) is 10.2 Å². The number of ether oxygens (including phenoxy) is 1. The minimum absolute atomic E-state index is 0.118. The molecule has 0 radical (unpaired) electrons. The Morgan fingerprint density at radius 3 is 2.70 bits per heavy atom. The molecule has 9 nitrogen and oxygen atoms in total. The van der Waals surface area contributed by atoms with E-state index in [4.69, 9.17) is 25.9 Å². The van der Waals surface area contributed by atoms with E-state index >= 15 is 0 Å². The molecule has 0 saturated heterocycles. The highest BCUT2D eigenvalue weighted by Crippen LogP contribution is 2.30. The fraction of sp³-hybridized carbons (Fsp3) is 0.304. The fourth-order valence-electron chi connectivity index (χ4n) is 3.57. The lowest BCUT2D eigenvalue weighted by molar-refractivity contribution is -0.131. The minimum Gasteiger partial charge on any atom is -0.491 e. The molecular weight excluding hydrogens is 448 g/mol. The zero-order chi connectivity index (χ0) is 23.4. The largest absolute Gasteiger partial charge is 0.491 e. The molecule has 1 aliphatic rings. The predicted octanol–water partition coefficient (Wildman–Crippen LogP) is 2.85. The van der Waals surface area contributed by atoms with E-state index in [9.17, 15) is 9.59 Å². The molecule has 1 N–H and O–H groups in total. The number of nitrogens with zero attached hydrogens (tertiary/aromatic N) is 4. The molecule has 4 rings (SSSR count). The Kier molecular flexibility index (Phi) is 6.90. The van der Waals surface area contributed by atoms with Crippen LogP contribution in [-0.2, 0) is 24.3 Å². The van der Waals surface area contributed by atoms with Gasteiger partial charge in [-0.2, -0.15) is 0 Å². The number of anilines is 1. The molecule has 0 fully saturated rings. The van der Waals surface area contributed by atoms with Crippen LogP contribution in [0.15, 0.2) is 46.9 Å². The van der Waals surface area contributed by atoms with Crippen LogP contribution in [0, 0.1) is 0 Å². The molecule has 0 saturated carbocycles. The van der Waals surface area contributed by atoms with Crippen LogP contribution < -0.4 is 9.64 Å². The molecule has 3 aromatic rings. The molecule has 0 bridgehead atoms. The van der Waals surface area contributed by atoms with Crippen LogP contribution in [0.1, 0.15) is 34.6 Å². The van der Waals surface area contributed by atoms with Crippen LogP contribution in [0.2, 0.25) is 5.02 Å². The third-order valence-electron chi connectivity index (χ3n) is 5.20. The van der Waals surface area contributed by atoms with Crippen LogP contribution in [0.3, 0.4) is 0 Å². The average molecular weight is 471 g/mol. The van der Waals surface area contributed by atoms with Gasteiger partial charge < -0.3 is 19.2 Å². The summed E-state index contributed by atoms with van der Waals surface area (Å²) < 4.78 is 10.9. The number of aliphatic hydroxyl groups is 1. The van der Waals surface area contributed by atoms with Crippen LogP contribution >= 0.6 is 11.6 Å². The Hall–Kier alpha value is -3.43. The average Bonchev–Trinajstić information content (AvgIpc) is 3.23. The van der Waals surface area contributed by atoms with Gasteiger partial charge in [-0.05, 0) is 29.8 Å². The Morgan fingerprint density at radius 2 is 1.97 bits per heavy atom. The zero-order valence-corrected chi connectivity index (χ0v) is 18.8. The molecule has 1 aliphatic heterocycles. The first kappa shape index (κ1) is 22.8. The number of benzene rings is 2. The van der Waals surface area contributed by atoms with Crippen molar-refractivity contribution in [3.8, 4) is 5.75 Å². The highest BCUT2D eigenvalue weighted by atomic mass is 35.5. The van der Waals surface area contributed by atoms with Crippen LogP contribution in [-0.4, -0.2) is 51.8 Å². The van der Waals surface area contributed by atoms with Gasteiger partial charge in [0.15, 0.2) is 0 Å². The Balaban J connectivity index is 1.61.